The Balaban J connectivity index is 2.82. The predicted molar refractivity (Wildman–Crippen MR) is 74.7 cm³/mol. The van der Waals surface area contributed by atoms with Crippen LogP contribution in [0.3, 0.4) is 0 Å². The molecule has 102 valence electrons. The Hall–Kier alpha value is -0.120. The molecule has 1 aliphatic rings. The van der Waals surface area contributed by atoms with Crippen molar-refractivity contribution in [1.82, 2.24) is 10.3 Å². The van der Waals surface area contributed by atoms with E-state index in [-0.39, 0.29) is 5.54 Å². The van der Waals surface area contributed by atoms with Crippen LogP contribution in [0.1, 0.15) is 59.8 Å². The SMILES string of the molecule is CCC(C)C(NN)C(C)(CC)N1CCCCC1. The Labute approximate surface area is 107 Å². The maximum atomic E-state index is 5.84. The van der Waals surface area contributed by atoms with Gasteiger partial charge in [-0.15, -0.1) is 0 Å². The molecule has 0 aliphatic carbocycles. The summed E-state index contributed by atoms with van der Waals surface area (Å²) in [5.41, 5.74) is 3.30. The first-order valence-corrected chi connectivity index (χ1v) is 7.31. The molecule has 0 aromatic carbocycles. The number of hydrogen-bond donors (Lipinski definition) is 2. The summed E-state index contributed by atoms with van der Waals surface area (Å²) in [4.78, 5) is 2.66. The van der Waals surface area contributed by atoms with Crippen molar-refractivity contribution in [2.24, 2.45) is 11.8 Å². The van der Waals surface area contributed by atoms with Crippen molar-refractivity contribution in [3.8, 4) is 0 Å². The van der Waals surface area contributed by atoms with Crippen molar-refractivity contribution >= 4 is 0 Å². The Kier molecular flexibility index (Phi) is 5.90. The van der Waals surface area contributed by atoms with Crippen LogP contribution in [-0.2, 0) is 0 Å². The number of hydrazine groups is 1. The first kappa shape index (κ1) is 14.9. The monoisotopic (exact) mass is 241 g/mol. The summed E-state index contributed by atoms with van der Waals surface area (Å²) >= 11 is 0. The van der Waals surface area contributed by atoms with Gasteiger partial charge >= 0.3 is 0 Å². The van der Waals surface area contributed by atoms with Gasteiger partial charge in [0.05, 0.1) is 0 Å². The Morgan fingerprint density at radius 2 is 1.82 bits per heavy atom. The van der Waals surface area contributed by atoms with Crippen LogP contribution in [-0.4, -0.2) is 29.6 Å². The highest BCUT2D eigenvalue weighted by Gasteiger charge is 2.40. The number of nitrogens with one attached hydrogen (secondary N) is 1. The van der Waals surface area contributed by atoms with Crippen molar-refractivity contribution in [1.29, 1.82) is 0 Å². The third-order valence-electron chi connectivity index (χ3n) is 4.86. The van der Waals surface area contributed by atoms with Gasteiger partial charge in [0.1, 0.15) is 0 Å². The molecule has 1 saturated heterocycles. The van der Waals surface area contributed by atoms with Crippen molar-refractivity contribution in [3.05, 3.63) is 0 Å². The van der Waals surface area contributed by atoms with Crippen LogP contribution in [0.2, 0.25) is 0 Å². The average Bonchev–Trinajstić information content (AvgIpc) is 2.39. The van der Waals surface area contributed by atoms with Gasteiger partial charge in [0.2, 0.25) is 0 Å². The molecule has 1 aliphatic heterocycles. The summed E-state index contributed by atoms with van der Waals surface area (Å²) in [6, 6.07) is 0.385. The second kappa shape index (κ2) is 6.72. The average molecular weight is 241 g/mol. The van der Waals surface area contributed by atoms with Gasteiger partial charge < -0.3 is 0 Å². The highest BCUT2D eigenvalue weighted by Crippen LogP contribution is 2.31. The second-order valence-electron chi connectivity index (χ2n) is 5.79. The minimum Gasteiger partial charge on any atom is -0.296 e. The van der Waals surface area contributed by atoms with Gasteiger partial charge in [0.25, 0.3) is 0 Å². The molecule has 0 saturated carbocycles. The molecule has 3 heteroatoms. The molecule has 0 radical (unpaired) electrons. The maximum absolute atomic E-state index is 5.84. The first-order chi connectivity index (χ1) is 8.10. The van der Waals surface area contributed by atoms with E-state index in [0.717, 1.165) is 6.42 Å². The molecule has 1 fully saturated rings. The molecule has 1 rings (SSSR count). The van der Waals surface area contributed by atoms with Crippen molar-refractivity contribution in [3.63, 3.8) is 0 Å². The topological polar surface area (TPSA) is 41.3 Å². The van der Waals surface area contributed by atoms with Crippen LogP contribution >= 0.6 is 0 Å². The fraction of sp³-hybridized carbons (Fsp3) is 1.00. The van der Waals surface area contributed by atoms with Crippen LogP contribution in [0.5, 0.6) is 0 Å². The van der Waals surface area contributed by atoms with Crippen molar-refractivity contribution < 1.29 is 0 Å². The highest BCUT2D eigenvalue weighted by atomic mass is 15.3. The van der Waals surface area contributed by atoms with Crippen molar-refractivity contribution in [2.45, 2.75) is 71.4 Å². The summed E-state index contributed by atoms with van der Waals surface area (Å²) < 4.78 is 0. The lowest BCUT2D eigenvalue weighted by Gasteiger charge is -2.49. The van der Waals surface area contributed by atoms with E-state index in [9.17, 15) is 0 Å². The maximum Gasteiger partial charge on any atom is 0.0417 e. The summed E-state index contributed by atoms with van der Waals surface area (Å²) in [7, 11) is 0. The number of hydrogen-bond acceptors (Lipinski definition) is 3. The van der Waals surface area contributed by atoms with Gasteiger partial charge in [-0.3, -0.25) is 16.2 Å². The lowest BCUT2D eigenvalue weighted by molar-refractivity contribution is 0.0249. The Morgan fingerprint density at radius 1 is 1.24 bits per heavy atom. The number of rotatable bonds is 6. The van der Waals surface area contributed by atoms with E-state index in [1.54, 1.807) is 0 Å². The smallest absolute Gasteiger partial charge is 0.0417 e. The molecule has 1 heterocycles. The van der Waals surface area contributed by atoms with Gasteiger partial charge in [-0.1, -0.05) is 33.6 Å². The summed E-state index contributed by atoms with van der Waals surface area (Å²) in [6.07, 6.45) is 6.41. The van der Waals surface area contributed by atoms with Gasteiger partial charge in [-0.05, 0) is 45.2 Å². The molecule has 3 atom stereocenters. The van der Waals surface area contributed by atoms with E-state index in [0.29, 0.717) is 12.0 Å². The zero-order valence-electron chi connectivity index (χ0n) is 12.1. The number of nitrogens with two attached hydrogens (primary N) is 1. The number of likely N-dealkylation sites (tertiary alicyclic amines) is 1. The predicted octanol–water partition coefficient (Wildman–Crippen LogP) is 2.52. The number of piperidine rings is 1. The molecule has 0 aromatic heterocycles. The zero-order valence-corrected chi connectivity index (χ0v) is 12.1. The molecule has 0 aromatic rings. The molecule has 3 N–H and O–H groups in total. The quantitative estimate of drug-likeness (QED) is 0.554. The molecule has 3 unspecified atom stereocenters. The third-order valence-corrected chi connectivity index (χ3v) is 4.86. The van der Waals surface area contributed by atoms with Gasteiger partial charge in [-0.25, -0.2) is 0 Å². The minimum absolute atomic E-state index is 0.199. The van der Waals surface area contributed by atoms with E-state index >= 15 is 0 Å². The lowest BCUT2D eigenvalue weighted by Crippen LogP contribution is -2.64. The Morgan fingerprint density at radius 3 is 2.24 bits per heavy atom. The summed E-state index contributed by atoms with van der Waals surface area (Å²) in [5.74, 6) is 6.46. The Bertz CT molecular complexity index is 214. The fourth-order valence-electron chi connectivity index (χ4n) is 3.24. The fourth-order valence-corrected chi connectivity index (χ4v) is 3.24. The second-order valence-corrected chi connectivity index (χ2v) is 5.79. The summed E-state index contributed by atoms with van der Waals surface area (Å²) in [5, 5.41) is 0. The largest absolute Gasteiger partial charge is 0.296 e. The van der Waals surface area contributed by atoms with E-state index in [4.69, 9.17) is 5.84 Å². The van der Waals surface area contributed by atoms with Crippen LogP contribution in [0.15, 0.2) is 0 Å². The minimum atomic E-state index is 0.199. The molecule has 0 spiro atoms. The molecule has 0 amide bonds. The van der Waals surface area contributed by atoms with Crippen LogP contribution in [0, 0.1) is 5.92 Å². The standard InChI is InChI=1S/C14H31N3/c1-5-12(3)13(16-15)14(4,6-2)17-10-8-7-9-11-17/h12-13,16H,5-11,15H2,1-4H3. The van der Waals surface area contributed by atoms with E-state index in [1.807, 2.05) is 0 Å². The first-order valence-electron chi connectivity index (χ1n) is 7.31. The molecular weight excluding hydrogens is 210 g/mol. The van der Waals surface area contributed by atoms with Gasteiger partial charge in [0.15, 0.2) is 0 Å². The van der Waals surface area contributed by atoms with Crippen LogP contribution in [0.4, 0.5) is 0 Å². The normalized spacial score (nSPS) is 25.2. The lowest BCUT2D eigenvalue weighted by atomic mass is 9.79. The summed E-state index contributed by atoms with van der Waals surface area (Å²) in [6.45, 7) is 11.7. The van der Waals surface area contributed by atoms with Crippen LogP contribution < -0.4 is 11.3 Å². The zero-order chi connectivity index (χ0) is 12.9. The van der Waals surface area contributed by atoms with E-state index < -0.39 is 0 Å². The molecule has 0 bridgehead atoms. The van der Waals surface area contributed by atoms with E-state index in [2.05, 4.69) is 38.0 Å². The highest BCUT2D eigenvalue weighted by molar-refractivity contribution is 4.98. The molecule has 3 nitrogen and oxygen atoms in total. The van der Waals surface area contributed by atoms with Crippen molar-refractivity contribution in [2.75, 3.05) is 13.1 Å². The third kappa shape index (κ3) is 3.21. The van der Waals surface area contributed by atoms with Gasteiger partial charge in [0, 0.05) is 11.6 Å². The molecule has 17 heavy (non-hydrogen) atoms. The van der Waals surface area contributed by atoms with Gasteiger partial charge in [-0.2, -0.15) is 0 Å². The van der Waals surface area contributed by atoms with Crippen LogP contribution in [0.25, 0.3) is 0 Å². The van der Waals surface area contributed by atoms with E-state index in [1.165, 1.54) is 38.8 Å². The molecular formula is C14H31N3. The number of nitrogens with zero attached hydrogens (tertiary/aromatic N) is 1.